The standard InChI is InChI=1S/C14H15NO3/c1-10-6-7-18-13(10)14(17)15-8-11-2-4-12(9-16)5-3-11/h2-7,16H,8-9H2,1H3,(H,15,17). The molecule has 0 saturated carbocycles. The molecule has 0 bridgehead atoms. The number of carbonyl (C=O) groups excluding carboxylic acids is 1. The van der Waals surface area contributed by atoms with Crippen LogP contribution < -0.4 is 5.32 Å². The number of furan rings is 1. The fourth-order valence-electron chi connectivity index (χ4n) is 1.63. The number of carbonyl (C=O) groups is 1. The minimum absolute atomic E-state index is 0.0260. The molecule has 2 aromatic rings. The molecule has 0 radical (unpaired) electrons. The Balaban J connectivity index is 1.95. The average Bonchev–Trinajstić information content (AvgIpc) is 2.83. The van der Waals surface area contributed by atoms with Crippen molar-refractivity contribution in [1.29, 1.82) is 0 Å². The maximum Gasteiger partial charge on any atom is 0.287 e. The van der Waals surface area contributed by atoms with Crippen molar-refractivity contribution in [3.63, 3.8) is 0 Å². The van der Waals surface area contributed by atoms with E-state index in [9.17, 15) is 4.79 Å². The Morgan fingerprint density at radius 3 is 2.44 bits per heavy atom. The highest BCUT2D eigenvalue weighted by molar-refractivity contribution is 5.92. The van der Waals surface area contributed by atoms with Gasteiger partial charge in [-0.3, -0.25) is 4.79 Å². The second-order valence-corrected chi connectivity index (χ2v) is 4.09. The number of amides is 1. The van der Waals surface area contributed by atoms with E-state index >= 15 is 0 Å². The van der Waals surface area contributed by atoms with Gasteiger partial charge in [-0.15, -0.1) is 0 Å². The predicted octanol–water partition coefficient (Wildman–Crippen LogP) is 2.01. The number of nitrogens with one attached hydrogen (secondary N) is 1. The molecule has 0 aliphatic carbocycles. The van der Waals surface area contributed by atoms with E-state index in [1.54, 1.807) is 6.07 Å². The largest absolute Gasteiger partial charge is 0.459 e. The SMILES string of the molecule is Cc1ccoc1C(=O)NCc1ccc(CO)cc1. The van der Waals surface area contributed by atoms with Crippen LogP contribution in [-0.4, -0.2) is 11.0 Å². The summed E-state index contributed by atoms with van der Waals surface area (Å²) in [5.74, 6) is 0.130. The Hall–Kier alpha value is -2.07. The Morgan fingerprint density at radius 1 is 1.22 bits per heavy atom. The van der Waals surface area contributed by atoms with Crippen molar-refractivity contribution in [1.82, 2.24) is 5.32 Å². The summed E-state index contributed by atoms with van der Waals surface area (Å²) in [7, 11) is 0. The number of benzene rings is 1. The van der Waals surface area contributed by atoms with Crippen LogP contribution >= 0.6 is 0 Å². The molecule has 1 heterocycles. The molecule has 0 aliphatic rings. The number of aryl methyl sites for hydroxylation is 1. The van der Waals surface area contributed by atoms with E-state index in [2.05, 4.69) is 5.32 Å². The zero-order valence-corrected chi connectivity index (χ0v) is 10.1. The molecule has 1 aromatic carbocycles. The summed E-state index contributed by atoms with van der Waals surface area (Å²) in [4.78, 5) is 11.8. The number of rotatable bonds is 4. The first-order valence-electron chi connectivity index (χ1n) is 5.71. The first-order chi connectivity index (χ1) is 8.70. The molecule has 0 spiro atoms. The maximum atomic E-state index is 11.8. The topological polar surface area (TPSA) is 62.5 Å². The molecule has 2 N–H and O–H groups in total. The van der Waals surface area contributed by atoms with E-state index in [0.717, 1.165) is 16.7 Å². The van der Waals surface area contributed by atoms with Gasteiger partial charge < -0.3 is 14.8 Å². The molecule has 0 atom stereocenters. The van der Waals surface area contributed by atoms with Crippen LogP contribution in [0.1, 0.15) is 27.2 Å². The van der Waals surface area contributed by atoms with Gasteiger partial charge in [-0.2, -0.15) is 0 Å². The molecular formula is C14H15NO3. The third-order valence-electron chi connectivity index (χ3n) is 2.73. The van der Waals surface area contributed by atoms with Gasteiger partial charge in [0.1, 0.15) is 0 Å². The van der Waals surface area contributed by atoms with Gasteiger partial charge in [-0.25, -0.2) is 0 Å². The van der Waals surface area contributed by atoms with Gasteiger partial charge in [0.2, 0.25) is 0 Å². The highest BCUT2D eigenvalue weighted by Crippen LogP contribution is 2.09. The summed E-state index contributed by atoms with van der Waals surface area (Å²) in [6.07, 6.45) is 1.50. The molecule has 94 valence electrons. The van der Waals surface area contributed by atoms with Gasteiger partial charge in [0.15, 0.2) is 5.76 Å². The van der Waals surface area contributed by atoms with E-state index < -0.39 is 0 Å². The first kappa shape index (κ1) is 12.4. The van der Waals surface area contributed by atoms with Crippen LogP contribution in [0.25, 0.3) is 0 Å². The minimum atomic E-state index is -0.219. The van der Waals surface area contributed by atoms with E-state index in [1.165, 1.54) is 6.26 Å². The first-order valence-corrected chi connectivity index (χ1v) is 5.71. The van der Waals surface area contributed by atoms with Crippen LogP contribution in [0.5, 0.6) is 0 Å². The van der Waals surface area contributed by atoms with Crippen molar-refractivity contribution in [2.75, 3.05) is 0 Å². The zero-order valence-electron chi connectivity index (χ0n) is 10.1. The van der Waals surface area contributed by atoms with Crippen LogP contribution in [0.4, 0.5) is 0 Å². The molecule has 0 unspecified atom stereocenters. The normalized spacial score (nSPS) is 10.3. The van der Waals surface area contributed by atoms with E-state index in [0.29, 0.717) is 12.3 Å². The molecule has 4 nitrogen and oxygen atoms in total. The summed E-state index contributed by atoms with van der Waals surface area (Å²) in [6.45, 7) is 2.29. The van der Waals surface area contributed by atoms with Crippen LogP contribution in [0.2, 0.25) is 0 Å². The Morgan fingerprint density at radius 2 is 1.89 bits per heavy atom. The lowest BCUT2D eigenvalue weighted by Gasteiger charge is -2.05. The van der Waals surface area contributed by atoms with Crippen molar-refractivity contribution in [3.05, 3.63) is 59.0 Å². The van der Waals surface area contributed by atoms with Crippen molar-refractivity contribution in [2.24, 2.45) is 0 Å². The lowest BCUT2D eigenvalue weighted by atomic mass is 10.1. The number of hydrogen-bond acceptors (Lipinski definition) is 3. The molecule has 1 aromatic heterocycles. The van der Waals surface area contributed by atoms with Crippen LogP contribution in [0.3, 0.4) is 0 Å². The molecule has 2 rings (SSSR count). The van der Waals surface area contributed by atoms with Gasteiger partial charge >= 0.3 is 0 Å². The number of aliphatic hydroxyl groups excluding tert-OH is 1. The van der Waals surface area contributed by atoms with Crippen LogP contribution in [0.15, 0.2) is 41.0 Å². The van der Waals surface area contributed by atoms with Crippen LogP contribution in [0, 0.1) is 6.92 Å². The van der Waals surface area contributed by atoms with Crippen molar-refractivity contribution in [2.45, 2.75) is 20.1 Å². The third-order valence-corrected chi connectivity index (χ3v) is 2.73. The Bertz CT molecular complexity index is 528. The van der Waals surface area contributed by atoms with Gasteiger partial charge in [0.05, 0.1) is 12.9 Å². The molecule has 0 fully saturated rings. The summed E-state index contributed by atoms with van der Waals surface area (Å²) in [5.41, 5.74) is 2.65. The summed E-state index contributed by atoms with van der Waals surface area (Å²) >= 11 is 0. The predicted molar refractivity (Wildman–Crippen MR) is 67.0 cm³/mol. The smallest absolute Gasteiger partial charge is 0.287 e. The van der Waals surface area contributed by atoms with Gasteiger partial charge in [-0.05, 0) is 24.1 Å². The summed E-state index contributed by atoms with van der Waals surface area (Å²) < 4.78 is 5.11. The van der Waals surface area contributed by atoms with E-state index in [1.807, 2.05) is 31.2 Å². The maximum absolute atomic E-state index is 11.8. The molecule has 1 amide bonds. The average molecular weight is 245 g/mol. The third kappa shape index (κ3) is 2.78. The fraction of sp³-hybridized carbons (Fsp3) is 0.214. The highest BCUT2D eigenvalue weighted by Gasteiger charge is 2.11. The highest BCUT2D eigenvalue weighted by atomic mass is 16.3. The fourth-order valence-corrected chi connectivity index (χ4v) is 1.63. The molecular weight excluding hydrogens is 230 g/mol. The molecule has 18 heavy (non-hydrogen) atoms. The second kappa shape index (κ2) is 5.51. The minimum Gasteiger partial charge on any atom is -0.459 e. The molecule has 4 heteroatoms. The summed E-state index contributed by atoms with van der Waals surface area (Å²) in [6, 6.07) is 9.17. The van der Waals surface area contributed by atoms with Crippen molar-refractivity contribution in [3.8, 4) is 0 Å². The van der Waals surface area contributed by atoms with E-state index in [-0.39, 0.29) is 12.5 Å². The van der Waals surface area contributed by atoms with Gasteiger partial charge in [-0.1, -0.05) is 24.3 Å². The molecule has 0 aliphatic heterocycles. The van der Waals surface area contributed by atoms with Gasteiger partial charge in [0.25, 0.3) is 5.91 Å². The van der Waals surface area contributed by atoms with E-state index in [4.69, 9.17) is 9.52 Å². The zero-order chi connectivity index (χ0) is 13.0. The number of hydrogen-bond donors (Lipinski definition) is 2. The second-order valence-electron chi connectivity index (χ2n) is 4.09. The lowest BCUT2D eigenvalue weighted by molar-refractivity contribution is 0.0922. The Labute approximate surface area is 105 Å². The quantitative estimate of drug-likeness (QED) is 0.866. The van der Waals surface area contributed by atoms with Gasteiger partial charge in [0, 0.05) is 12.1 Å². The lowest BCUT2D eigenvalue weighted by Crippen LogP contribution is -2.22. The monoisotopic (exact) mass is 245 g/mol. The van der Waals surface area contributed by atoms with Crippen molar-refractivity contribution < 1.29 is 14.3 Å². The Kier molecular flexibility index (Phi) is 3.79. The van der Waals surface area contributed by atoms with Crippen LogP contribution in [-0.2, 0) is 13.2 Å². The molecule has 0 saturated heterocycles. The summed E-state index contributed by atoms with van der Waals surface area (Å²) in [5, 5.41) is 11.7. The number of aliphatic hydroxyl groups is 1. The van der Waals surface area contributed by atoms with Crippen molar-refractivity contribution >= 4 is 5.91 Å².